The average Bonchev–Trinajstić information content (AvgIpc) is 2.63. The van der Waals surface area contributed by atoms with Gasteiger partial charge in [0.1, 0.15) is 5.82 Å². The topological polar surface area (TPSA) is 39.1 Å². The predicted molar refractivity (Wildman–Crippen MR) is 61.3 cm³/mol. The van der Waals surface area contributed by atoms with Crippen molar-refractivity contribution < 1.29 is 4.74 Å². The van der Waals surface area contributed by atoms with Crippen molar-refractivity contribution in [3.8, 4) is 0 Å². The summed E-state index contributed by atoms with van der Waals surface area (Å²) in [4.78, 5) is 4.24. The summed E-state index contributed by atoms with van der Waals surface area (Å²) in [5.41, 5.74) is 0. The first kappa shape index (κ1) is 12.5. The number of methoxy groups -OCH3 is 1. The molecule has 1 atom stereocenters. The van der Waals surface area contributed by atoms with Crippen molar-refractivity contribution in [2.75, 3.05) is 26.1 Å². The van der Waals surface area contributed by atoms with Gasteiger partial charge in [0.05, 0.1) is 6.61 Å². The number of halogens is 1. The van der Waals surface area contributed by atoms with E-state index in [1.165, 1.54) is 0 Å². The third-order valence-corrected chi connectivity index (χ3v) is 2.63. The zero-order valence-corrected chi connectivity index (χ0v) is 10.00. The molecule has 5 heteroatoms. The second-order valence-electron chi connectivity index (χ2n) is 3.47. The summed E-state index contributed by atoms with van der Waals surface area (Å²) in [6, 6.07) is 0.219. The van der Waals surface area contributed by atoms with Gasteiger partial charge in [-0.2, -0.15) is 0 Å². The van der Waals surface area contributed by atoms with E-state index >= 15 is 0 Å². The van der Waals surface area contributed by atoms with Gasteiger partial charge in [-0.15, -0.1) is 11.6 Å². The number of hydrogen-bond donors (Lipinski definition) is 1. The molecule has 4 nitrogen and oxygen atoms in total. The highest BCUT2D eigenvalue weighted by Gasteiger charge is 2.06. The zero-order valence-electron chi connectivity index (χ0n) is 9.24. The standard InChI is InChI=1S/C10H18ClN3O/c1-14-6-5-13-10(14)3-4-12-9(7-11)8-15-2/h5-6,9,12H,3-4,7-8H2,1-2H3. The molecule has 0 saturated heterocycles. The van der Waals surface area contributed by atoms with Crippen LogP contribution in [0.2, 0.25) is 0 Å². The lowest BCUT2D eigenvalue weighted by molar-refractivity contribution is 0.173. The zero-order chi connectivity index (χ0) is 11.1. The molecule has 0 amide bonds. The molecule has 15 heavy (non-hydrogen) atoms. The molecule has 1 N–H and O–H groups in total. The Morgan fingerprint density at radius 2 is 2.47 bits per heavy atom. The fourth-order valence-corrected chi connectivity index (χ4v) is 1.58. The lowest BCUT2D eigenvalue weighted by Gasteiger charge is -2.14. The summed E-state index contributed by atoms with van der Waals surface area (Å²) in [6.45, 7) is 1.51. The van der Waals surface area contributed by atoms with Crippen LogP contribution in [0.3, 0.4) is 0 Å². The minimum Gasteiger partial charge on any atom is -0.383 e. The first-order chi connectivity index (χ1) is 7.27. The number of alkyl halides is 1. The second kappa shape index (κ2) is 6.82. The Morgan fingerprint density at radius 1 is 1.67 bits per heavy atom. The maximum absolute atomic E-state index is 5.77. The van der Waals surface area contributed by atoms with E-state index in [2.05, 4.69) is 10.3 Å². The lowest BCUT2D eigenvalue weighted by atomic mass is 10.3. The molecule has 0 aliphatic rings. The van der Waals surface area contributed by atoms with Crippen LogP contribution in [-0.4, -0.2) is 41.7 Å². The summed E-state index contributed by atoms with van der Waals surface area (Å²) in [5.74, 6) is 1.64. The van der Waals surface area contributed by atoms with Crippen LogP contribution in [-0.2, 0) is 18.2 Å². The summed E-state index contributed by atoms with van der Waals surface area (Å²) in [5, 5.41) is 3.33. The third-order valence-electron chi connectivity index (χ3n) is 2.26. The van der Waals surface area contributed by atoms with Crippen LogP contribution in [0.5, 0.6) is 0 Å². The molecule has 1 unspecified atom stereocenters. The Morgan fingerprint density at radius 3 is 3.00 bits per heavy atom. The number of hydrogen-bond acceptors (Lipinski definition) is 3. The van der Waals surface area contributed by atoms with Gasteiger partial charge in [-0.3, -0.25) is 0 Å². The van der Waals surface area contributed by atoms with Gasteiger partial charge in [-0.1, -0.05) is 0 Å². The Kier molecular flexibility index (Phi) is 5.68. The molecule has 0 radical (unpaired) electrons. The van der Waals surface area contributed by atoms with Crippen molar-refractivity contribution in [3.63, 3.8) is 0 Å². The molecule has 0 aromatic carbocycles. The van der Waals surface area contributed by atoms with Crippen LogP contribution in [0, 0.1) is 0 Å². The molecule has 0 spiro atoms. The van der Waals surface area contributed by atoms with Gasteiger partial charge in [0, 0.05) is 51.4 Å². The van der Waals surface area contributed by atoms with Crippen LogP contribution in [0.15, 0.2) is 12.4 Å². The quantitative estimate of drug-likeness (QED) is 0.706. The number of nitrogens with one attached hydrogen (secondary N) is 1. The molecular weight excluding hydrogens is 214 g/mol. The minimum absolute atomic E-state index is 0.219. The number of aromatic nitrogens is 2. The van der Waals surface area contributed by atoms with E-state index in [0.717, 1.165) is 18.8 Å². The van der Waals surface area contributed by atoms with Crippen molar-refractivity contribution in [2.24, 2.45) is 7.05 Å². The third kappa shape index (κ3) is 4.20. The van der Waals surface area contributed by atoms with Crippen molar-refractivity contribution in [1.82, 2.24) is 14.9 Å². The number of rotatable bonds is 7. The first-order valence-corrected chi connectivity index (χ1v) is 5.56. The molecule has 1 aromatic rings. The van der Waals surface area contributed by atoms with Crippen LogP contribution >= 0.6 is 11.6 Å². The van der Waals surface area contributed by atoms with Crippen LogP contribution < -0.4 is 5.32 Å². The van der Waals surface area contributed by atoms with Crippen LogP contribution in [0.4, 0.5) is 0 Å². The maximum atomic E-state index is 5.77. The van der Waals surface area contributed by atoms with Gasteiger partial charge >= 0.3 is 0 Å². The summed E-state index contributed by atoms with van der Waals surface area (Å²) >= 11 is 5.77. The normalized spacial score (nSPS) is 13.0. The maximum Gasteiger partial charge on any atom is 0.109 e. The van der Waals surface area contributed by atoms with Crippen LogP contribution in [0.1, 0.15) is 5.82 Å². The average molecular weight is 232 g/mol. The van der Waals surface area contributed by atoms with E-state index < -0.39 is 0 Å². The Balaban J connectivity index is 2.23. The van der Waals surface area contributed by atoms with Crippen molar-refractivity contribution in [2.45, 2.75) is 12.5 Å². The van der Waals surface area contributed by atoms with Gasteiger partial charge < -0.3 is 14.6 Å². The molecule has 0 fully saturated rings. The molecule has 1 aromatic heterocycles. The van der Waals surface area contributed by atoms with E-state index in [1.54, 1.807) is 7.11 Å². The summed E-state index contributed by atoms with van der Waals surface area (Å²) in [7, 11) is 3.68. The molecule has 86 valence electrons. The number of aryl methyl sites for hydroxylation is 1. The number of nitrogens with zero attached hydrogens (tertiary/aromatic N) is 2. The summed E-state index contributed by atoms with van der Waals surface area (Å²) in [6.07, 6.45) is 4.66. The Hall–Kier alpha value is -0.580. The van der Waals surface area contributed by atoms with E-state index in [-0.39, 0.29) is 6.04 Å². The number of imidazole rings is 1. The molecular formula is C10H18ClN3O. The van der Waals surface area contributed by atoms with Crippen molar-refractivity contribution in [1.29, 1.82) is 0 Å². The van der Waals surface area contributed by atoms with E-state index in [4.69, 9.17) is 16.3 Å². The van der Waals surface area contributed by atoms with Gasteiger partial charge in [0.15, 0.2) is 0 Å². The van der Waals surface area contributed by atoms with Gasteiger partial charge in [-0.25, -0.2) is 4.98 Å². The molecule has 0 aliphatic carbocycles. The highest BCUT2D eigenvalue weighted by atomic mass is 35.5. The lowest BCUT2D eigenvalue weighted by Crippen LogP contribution is -2.36. The monoisotopic (exact) mass is 231 g/mol. The largest absolute Gasteiger partial charge is 0.383 e. The molecule has 0 bridgehead atoms. The van der Waals surface area contributed by atoms with Crippen LogP contribution in [0.25, 0.3) is 0 Å². The van der Waals surface area contributed by atoms with Crippen molar-refractivity contribution >= 4 is 11.6 Å². The minimum atomic E-state index is 0.219. The predicted octanol–water partition coefficient (Wildman–Crippen LogP) is 0.806. The van der Waals surface area contributed by atoms with Gasteiger partial charge in [0.2, 0.25) is 0 Å². The van der Waals surface area contributed by atoms with Gasteiger partial charge in [-0.05, 0) is 0 Å². The molecule has 0 saturated carbocycles. The van der Waals surface area contributed by atoms with E-state index in [1.807, 2.05) is 24.0 Å². The molecule has 0 aliphatic heterocycles. The van der Waals surface area contributed by atoms with Gasteiger partial charge in [0.25, 0.3) is 0 Å². The van der Waals surface area contributed by atoms with E-state index in [0.29, 0.717) is 12.5 Å². The Bertz CT molecular complexity index is 277. The second-order valence-corrected chi connectivity index (χ2v) is 3.77. The number of ether oxygens (including phenoxy) is 1. The first-order valence-electron chi connectivity index (χ1n) is 5.02. The van der Waals surface area contributed by atoms with E-state index in [9.17, 15) is 0 Å². The van der Waals surface area contributed by atoms with Crippen molar-refractivity contribution in [3.05, 3.63) is 18.2 Å². The molecule has 1 rings (SSSR count). The Labute approximate surface area is 95.6 Å². The SMILES string of the molecule is COCC(CCl)NCCc1nccn1C. The highest BCUT2D eigenvalue weighted by Crippen LogP contribution is 1.95. The highest BCUT2D eigenvalue weighted by molar-refractivity contribution is 6.18. The fraction of sp³-hybridized carbons (Fsp3) is 0.700. The fourth-order valence-electron chi connectivity index (χ4n) is 1.38. The smallest absolute Gasteiger partial charge is 0.109 e. The summed E-state index contributed by atoms with van der Waals surface area (Å²) < 4.78 is 7.06. The molecule has 1 heterocycles.